The first-order valence-corrected chi connectivity index (χ1v) is 14.9. The summed E-state index contributed by atoms with van der Waals surface area (Å²) in [6.45, 7) is 15.3. The lowest BCUT2D eigenvalue weighted by Crippen LogP contribution is -2.65. The number of rotatable bonds is 6. The molecule has 43 heavy (non-hydrogen) atoms. The molecule has 1 heterocycles. The fourth-order valence-corrected chi connectivity index (χ4v) is 6.45. The average molecular weight is 589 g/mol. The number of carbonyl (C=O) groups is 1. The van der Waals surface area contributed by atoms with Gasteiger partial charge in [-0.15, -0.1) is 0 Å². The zero-order valence-electron chi connectivity index (χ0n) is 26.9. The second kappa shape index (κ2) is 13.2. The predicted octanol–water partition coefficient (Wildman–Crippen LogP) is 6.08. The van der Waals surface area contributed by atoms with E-state index in [1.807, 2.05) is 50.3 Å². The van der Waals surface area contributed by atoms with Gasteiger partial charge >= 0.3 is 5.97 Å². The van der Waals surface area contributed by atoms with Gasteiger partial charge in [-0.25, -0.2) is 4.79 Å². The van der Waals surface area contributed by atoms with E-state index in [-0.39, 0.29) is 23.5 Å². The molecule has 6 heteroatoms. The molecule has 2 aliphatic carbocycles. The monoisotopic (exact) mass is 588 g/mol. The van der Waals surface area contributed by atoms with Crippen LogP contribution in [0.1, 0.15) is 81.1 Å². The third-order valence-corrected chi connectivity index (χ3v) is 8.66. The van der Waals surface area contributed by atoms with E-state index in [0.717, 1.165) is 28.7 Å². The normalized spacial score (nSPS) is 32.5. The first-order valence-electron chi connectivity index (χ1n) is 14.9. The van der Waals surface area contributed by atoms with Crippen molar-refractivity contribution in [3.05, 3.63) is 94.4 Å². The van der Waals surface area contributed by atoms with E-state index in [2.05, 4.69) is 32.6 Å². The highest BCUT2D eigenvalue weighted by Gasteiger charge is 2.58. The molecule has 3 aliphatic rings. The average Bonchev–Trinajstić information content (AvgIpc) is 3.20. The SMILES string of the molecule is CC1=C(C#C/C(C)=C/C=C/C=C/C=C(C)/C=C2C=C(/C=C/[C@@]3(O)C(C)(C)C[C@H](O)C[C@@]3(C)O)C(=O)O/2)C(C)(C)C[C@@H](O)C1. The molecule has 4 atom stereocenters. The first kappa shape index (κ1) is 34.3. The minimum absolute atomic E-state index is 0.0334. The Bertz CT molecular complexity index is 1390. The van der Waals surface area contributed by atoms with Gasteiger partial charge in [0.2, 0.25) is 0 Å². The predicted molar refractivity (Wildman–Crippen MR) is 171 cm³/mol. The van der Waals surface area contributed by atoms with Crippen LogP contribution in [0.4, 0.5) is 0 Å². The van der Waals surface area contributed by atoms with Crippen molar-refractivity contribution >= 4 is 5.97 Å². The number of ether oxygens (including phenoxy) is 1. The van der Waals surface area contributed by atoms with Gasteiger partial charge in [0, 0.05) is 22.8 Å². The Labute approximate surface area is 257 Å². The number of aliphatic hydroxyl groups excluding tert-OH is 2. The molecule has 1 aliphatic heterocycles. The quantitative estimate of drug-likeness (QED) is 0.170. The van der Waals surface area contributed by atoms with E-state index in [1.54, 1.807) is 26.0 Å². The minimum Gasteiger partial charge on any atom is -0.423 e. The van der Waals surface area contributed by atoms with E-state index in [9.17, 15) is 25.2 Å². The van der Waals surface area contributed by atoms with Crippen LogP contribution in [0.3, 0.4) is 0 Å². The van der Waals surface area contributed by atoms with E-state index >= 15 is 0 Å². The molecule has 4 N–H and O–H groups in total. The Morgan fingerprint density at radius 2 is 1.60 bits per heavy atom. The molecule has 0 aromatic rings. The maximum Gasteiger partial charge on any atom is 0.343 e. The van der Waals surface area contributed by atoms with Gasteiger partial charge in [-0.1, -0.05) is 81.6 Å². The topological polar surface area (TPSA) is 107 Å². The molecular formula is C37H48O6. The molecule has 0 aromatic heterocycles. The smallest absolute Gasteiger partial charge is 0.343 e. The number of aliphatic hydroxyl groups is 4. The van der Waals surface area contributed by atoms with Crippen LogP contribution in [0.15, 0.2) is 94.4 Å². The molecule has 232 valence electrons. The van der Waals surface area contributed by atoms with Crippen molar-refractivity contribution in [2.45, 2.75) is 104 Å². The fraction of sp³-hybridized carbons (Fsp3) is 0.486. The van der Waals surface area contributed by atoms with Crippen molar-refractivity contribution in [1.29, 1.82) is 0 Å². The van der Waals surface area contributed by atoms with Crippen LogP contribution < -0.4 is 0 Å². The maximum absolute atomic E-state index is 12.5. The summed E-state index contributed by atoms with van der Waals surface area (Å²) in [7, 11) is 0. The minimum atomic E-state index is -1.64. The Balaban J connectivity index is 1.63. The summed E-state index contributed by atoms with van der Waals surface area (Å²) >= 11 is 0. The Kier molecular flexibility index (Phi) is 10.5. The van der Waals surface area contributed by atoms with Crippen molar-refractivity contribution in [3.63, 3.8) is 0 Å². The molecular weight excluding hydrogens is 540 g/mol. The zero-order valence-corrected chi connectivity index (χ0v) is 26.9. The van der Waals surface area contributed by atoms with Crippen LogP contribution in [0, 0.1) is 22.7 Å². The lowest BCUT2D eigenvalue weighted by molar-refractivity contribution is -0.216. The summed E-state index contributed by atoms with van der Waals surface area (Å²) in [6.07, 6.45) is 18.5. The first-order chi connectivity index (χ1) is 19.9. The number of cyclic esters (lactones) is 1. The third kappa shape index (κ3) is 8.25. The van der Waals surface area contributed by atoms with Gasteiger partial charge in [-0.3, -0.25) is 0 Å². The summed E-state index contributed by atoms with van der Waals surface area (Å²) in [6, 6.07) is 0. The van der Waals surface area contributed by atoms with Gasteiger partial charge in [-0.05, 0) is 82.4 Å². The number of hydrogen-bond donors (Lipinski definition) is 4. The van der Waals surface area contributed by atoms with Crippen LogP contribution in [-0.2, 0) is 9.53 Å². The van der Waals surface area contributed by atoms with E-state index in [0.29, 0.717) is 18.6 Å². The Morgan fingerprint density at radius 1 is 0.953 bits per heavy atom. The van der Waals surface area contributed by atoms with Crippen molar-refractivity contribution in [3.8, 4) is 11.8 Å². The lowest BCUT2D eigenvalue weighted by atomic mass is 9.57. The number of carbonyl (C=O) groups excluding carboxylic acids is 1. The Hall–Kier alpha value is -3.21. The number of esters is 1. The summed E-state index contributed by atoms with van der Waals surface area (Å²) in [4.78, 5) is 12.5. The number of hydrogen-bond acceptors (Lipinski definition) is 6. The molecule has 0 spiro atoms. The van der Waals surface area contributed by atoms with Crippen LogP contribution in [0.2, 0.25) is 0 Å². The molecule has 1 fully saturated rings. The van der Waals surface area contributed by atoms with Gasteiger partial charge in [0.25, 0.3) is 0 Å². The molecule has 0 bridgehead atoms. The molecule has 0 unspecified atom stereocenters. The zero-order chi connectivity index (χ0) is 32.2. The highest BCUT2D eigenvalue weighted by Crippen LogP contribution is 2.50. The van der Waals surface area contributed by atoms with Gasteiger partial charge in [0.15, 0.2) is 0 Å². The molecule has 1 saturated carbocycles. The van der Waals surface area contributed by atoms with E-state index in [1.165, 1.54) is 19.1 Å². The van der Waals surface area contributed by atoms with E-state index in [4.69, 9.17) is 4.74 Å². The molecule has 0 aromatic carbocycles. The van der Waals surface area contributed by atoms with E-state index < -0.39 is 28.7 Å². The van der Waals surface area contributed by atoms with Gasteiger partial charge in [0.1, 0.15) is 11.4 Å². The standard InChI is InChI=1S/C37H48O6/c1-25(15-16-32-27(3)20-29(38)22-34(32,4)5)13-11-9-10-12-14-26(2)19-31-21-28(33(40)43-31)17-18-37(42)35(6,7)23-30(39)24-36(37,8)41/h9-14,17-19,21,29-30,38-39,41-42H,20,22-24H2,1-8H3/b11-9+,12-10+,18-17+,25-13+,26-14+,31-19-/t29-,30-,36+,37+/m0/s1. The fourth-order valence-electron chi connectivity index (χ4n) is 6.45. The van der Waals surface area contributed by atoms with Crippen molar-refractivity contribution in [2.24, 2.45) is 10.8 Å². The second-order valence-corrected chi connectivity index (χ2v) is 13.7. The summed E-state index contributed by atoms with van der Waals surface area (Å²) in [5, 5.41) is 42.6. The molecule has 6 nitrogen and oxygen atoms in total. The van der Waals surface area contributed by atoms with Crippen LogP contribution >= 0.6 is 0 Å². The highest BCUT2D eigenvalue weighted by molar-refractivity contribution is 5.95. The molecule has 3 rings (SSSR count). The van der Waals surface area contributed by atoms with Gasteiger partial charge < -0.3 is 25.2 Å². The van der Waals surface area contributed by atoms with Crippen molar-refractivity contribution in [2.75, 3.05) is 0 Å². The van der Waals surface area contributed by atoms with Crippen LogP contribution in [0.5, 0.6) is 0 Å². The lowest BCUT2D eigenvalue weighted by Gasteiger charge is -2.54. The van der Waals surface area contributed by atoms with Crippen molar-refractivity contribution in [1.82, 2.24) is 0 Å². The molecule has 0 radical (unpaired) electrons. The highest BCUT2D eigenvalue weighted by atomic mass is 16.5. The summed E-state index contributed by atoms with van der Waals surface area (Å²) in [5.74, 6) is 6.42. The Morgan fingerprint density at radius 3 is 2.23 bits per heavy atom. The molecule has 0 amide bonds. The summed E-state index contributed by atoms with van der Waals surface area (Å²) < 4.78 is 5.38. The van der Waals surface area contributed by atoms with Crippen LogP contribution in [0.25, 0.3) is 0 Å². The van der Waals surface area contributed by atoms with Crippen LogP contribution in [-0.4, -0.2) is 49.8 Å². The second-order valence-electron chi connectivity index (χ2n) is 13.7. The number of allylic oxidation sites excluding steroid dienone is 11. The maximum atomic E-state index is 12.5. The van der Waals surface area contributed by atoms with Crippen molar-refractivity contribution < 1.29 is 30.0 Å². The largest absolute Gasteiger partial charge is 0.423 e. The summed E-state index contributed by atoms with van der Waals surface area (Å²) in [5.41, 5.74) is 0.218. The van der Waals surface area contributed by atoms with Gasteiger partial charge in [-0.2, -0.15) is 0 Å². The van der Waals surface area contributed by atoms with Gasteiger partial charge in [0.05, 0.1) is 23.4 Å². The third-order valence-electron chi connectivity index (χ3n) is 8.66. The molecule has 0 saturated heterocycles.